The molecule has 0 aliphatic rings. The lowest BCUT2D eigenvalue weighted by atomic mass is 10.3. The van der Waals surface area contributed by atoms with E-state index < -0.39 is 12.1 Å². The highest BCUT2D eigenvalue weighted by Gasteiger charge is 2.14. The molecule has 19 heavy (non-hydrogen) atoms. The Bertz CT molecular complexity index is 430. The fourth-order valence-electron chi connectivity index (χ4n) is 1.61. The zero-order chi connectivity index (χ0) is 14.3. The summed E-state index contributed by atoms with van der Waals surface area (Å²) in [4.78, 5) is 26.8. The van der Waals surface area contributed by atoms with Gasteiger partial charge in [0.25, 0.3) is 0 Å². The van der Waals surface area contributed by atoms with Crippen LogP contribution >= 0.6 is 0 Å². The number of hydrogen-bond donors (Lipinski definition) is 2. The minimum absolute atomic E-state index is 0.247. The van der Waals surface area contributed by atoms with Crippen molar-refractivity contribution in [2.24, 2.45) is 0 Å². The highest BCUT2D eigenvalue weighted by molar-refractivity contribution is 5.85. The number of hydrogen-bond acceptors (Lipinski definition) is 4. The Morgan fingerprint density at radius 3 is 2.89 bits per heavy atom. The van der Waals surface area contributed by atoms with Gasteiger partial charge in [-0.05, 0) is 6.92 Å². The van der Waals surface area contributed by atoms with Crippen LogP contribution in [0, 0.1) is 0 Å². The number of alkyl carbamates (subject to hydrolysis) is 1. The predicted octanol–water partition coefficient (Wildman–Crippen LogP) is 0.306. The van der Waals surface area contributed by atoms with Crippen molar-refractivity contribution < 1.29 is 14.3 Å². The average molecular weight is 268 g/mol. The number of imidazole rings is 1. The maximum absolute atomic E-state index is 11.7. The first-order valence-corrected chi connectivity index (χ1v) is 6.20. The number of amides is 2. The summed E-state index contributed by atoms with van der Waals surface area (Å²) >= 11 is 0. The molecule has 0 fully saturated rings. The summed E-state index contributed by atoms with van der Waals surface area (Å²) in [6.07, 6.45) is 3.84. The summed E-state index contributed by atoms with van der Waals surface area (Å²) < 4.78 is 6.41. The second kappa shape index (κ2) is 7.40. The molecule has 2 amide bonds. The molecule has 0 spiro atoms. The van der Waals surface area contributed by atoms with E-state index in [2.05, 4.69) is 20.4 Å². The first kappa shape index (κ1) is 15.0. The molecule has 1 unspecified atom stereocenters. The third-order valence-electron chi connectivity index (χ3n) is 2.68. The lowest BCUT2D eigenvalue weighted by molar-refractivity contribution is -0.122. The number of nitrogens with one attached hydrogen (secondary N) is 2. The number of aromatic nitrogens is 2. The fraction of sp³-hybridized carbons (Fsp3) is 0.583. The van der Waals surface area contributed by atoms with Crippen LogP contribution in [0.1, 0.15) is 19.7 Å². The van der Waals surface area contributed by atoms with Crippen molar-refractivity contribution in [1.82, 2.24) is 20.2 Å². The van der Waals surface area contributed by atoms with Crippen LogP contribution in [0.25, 0.3) is 0 Å². The van der Waals surface area contributed by atoms with E-state index in [1.165, 1.54) is 7.11 Å². The normalized spacial score (nSPS) is 11.7. The molecule has 0 radical (unpaired) electrons. The number of nitrogens with zero attached hydrogens (tertiary/aromatic N) is 2. The van der Waals surface area contributed by atoms with Crippen molar-refractivity contribution >= 4 is 12.0 Å². The van der Waals surface area contributed by atoms with Gasteiger partial charge in [-0.3, -0.25) is 4.79 Å². The first-order chi connectivity index (χ1) is 9.08. The van der Waals surface area contributed by atoms with Gasteiger partial charge in [0.05, 0.1) is 7.11 Å². The van der Waals surface area contributed by atoms with Crippen LogP contribution in [0.4, 0.5) is 4.79 Å². The largest absolute Gasteiger partial charge is 0.453 e. The van der Waals surface area contributed by atoms with Crippen LogP contribution in [-0.4, -0.2) is 41.2 Å². The van der Waals surface area contributed by atoms with E-state index >= 15 is 0 Å². The minimum atomic E-state index is -0.624. The Morgan fingerprint density at radius 1 is 1.53 bits per heavy atom. The molecule has 0 saturated heterocycles. The number of aryl methyl sites for hydroxylation is 1. The maximum atomic E-state index is 11.7. The molecule has 0 aliphatic carbocycles. The highest BCUT2D eigenvalue weighted by Crippen LogP contribution is 1.97. The predicted molar refractivity (Wildman–Crippen MR) is 69.6 cm³/mol. The van der Waals surface area contributed by atoms with Gasteiger partial charge in [-0.1, -0.05) is 6.92 Å². The van der Waals surface area contributed by atoms with Gasteiger partial charge < -0.3 is 19.9 Å². The van der Waals surface area contributed by atoms with Gasteiger partial charge in [0.1, 0.15) is 11.9 Å². The lowest BCUT2D eigenvalue weighted by Crippen LogP contribution is -2.45. The smallest absolute Gasteiger partial charge is 0.407 e. The van der Waals surface area contributed by atoms with E-state index in [0.29, 0.717) is 13.1 Å². The SMILES string of the molecule is CCc1nccn1CCNC(=O)C(C)NC(=O)OC. The average Bonchev–Trinajstić information content (AvgIpc) is 2.85. The standard InChI is InChI=1S/C12H20N4O3/c1-4-10-13-5-7-16(10)8-6-14-11(17)9(2)15-12(18)19-3/h5,7,9H,4,6,8H2,1-3H3,(H,14,17)(H,15,18). The van der Waals surface area contributed by atoms with Gasteiger partial charge in [0.15, 0.2) is 0 Å². The fourth-order valence-corrected chi connectivity index (χ4v) is 1.61. The van der Waals surface area contributed by atoms with Gasteiger partial charge in [-0.15, -0.1) is 0 Å². The van der Waals surface area contributed by atoms with Gasteiger partial charge >= 0.3 is 6.09 Å². The van der Waals surface area contributed by atoms with Gasteiger partial charge in [0, 0.05) is 31.9 Å². The van der Waals surface area contributed by atoms with E-state index in [0.717, 1.165) is 12.2 Å². The van der Waals surface area contributed by atoms with Crippen molar-refractivity contribution in [3.63, 3.8) is 0 Å². The van der Waals surface area contributed by atoms with E-state index in [9.17, 15) is 9.59 Å². The van der Waals surface area contributed by atoms with E-state index in [-0.39, 0.29) is 5.91 Å². The second-order valence-electron chi connectivity index (χ2n) is 4.04. The molecule has 1 aromatic heterocycles. The number of methoxy groups -OCH3 is 1. The van der Waals surface area contributed by atoms with E-state index in [1.807, 2.05) is 17.7 Å². The Labute approximate surface area is 112 Å². The third-order valence-corrected chi connectivity index (χ3v) is 2.68. The monoisotopic (exact) mass is 268 g/mol. The molecule has 2 N–H and O–H groups in total. The molecule has 0 bridgehead atoms. The second-order valence-corrected chi connectivity index (χ2v) is 4.04. The number of rotatable bonds is 6. The van der Waals surface area contributed by atoms with Crippen LogP contribution in [0.3, 0.4) is 0 Å². The Morgan fingerprint density at radius 2 is 2.26 bits per heavy atom. The molecule has 1 heterocycles. The van der Waals surface area contributed by atoms with E-state index in [4.69, 9.17) is 0 Å². The third kappa shape index (κ3) is 4.61. The molecule has 7 heteroatoms. The van der Waals surface area contributed by atoms with Crippen molar-refractivity contribution in [3.05, 3.63) is 18.2 Å². The summed E-state index contributed by atoms with van der Waals surface area (Å²) in [5.41, 5.74) is 0. The molecule has 106 valence electrons. The van der Waals surface area contributed by atoms with Crippen molar-refractivity contribution in [2.75, 3.05) is 13.7 Å². The Kier molecular flexibility index (Phi) is 5.84. The van der Waals surface area contributed by atoms with Crippen LogP contribution in [0.2, 0.25) is 0 Å². The van der Waals surface area contributed by atoms with Crippen LogP contribution in [0.15, 0.2) is 12.4 Å². The highest BCUT2D eigenvalue weighted by atomic mass is 16.5. The topological polar surface area (TPSA) is 85.3 Å². The van der Waals surface area contributed by atoms with Crippen LogP contribution in [-0.2, 0) is 22.5 Å². The summed E-state index contributed by atoms with van der Waals surface area (Å²) in [6.45, 7) is 4.76. The summed E-state index contributed by atoms with van der Waals surface area (Å²) in [5.74, 6) is 0.735. The first-order valence-electron chi connectivity index (χ1n) is 6.20. The maximum Gasteiger partial charge on any atom is 0.407 e. The molecule has 1 rings (SSSR count). The Hall–Kier alpha value is -2.05. The number of ether oxygens (including phenoxy) is 1. The number of carbonyl (C=O) groups excluding carboxylic acids is 2. The van der Waals surface area contributed by atoms with Crippen LogP contribution < -0.4 is 10.6 Å². The zero-order valence-electron chi connectivity index (χ0n) is 11.5. The summed E-state index contributed by atoms with van der Waals surface area (Å²) in [5, 5.41) is 5.15. The lowest BCUT2D eigenvalue weighted by Gasteiger charge is -2.13. The molecule has 0 aromatic carbocycles. The zero-order valence-corrected chi connectivity index (χ0v) is 11.5. The Balaban J connectivity index is 2.32. The number of carbonyl (C=O) groups is 2. The van der Waals surface area contributed by atoms with Crippen molar-refractivity contribution in [3.8, 4) is 0 Å². The molecule has 7 nitrogen and oxygen atoms in total. The molecule has 0 aliphatic heterocycles. The van der Waals surface area contributed by atoms with E-state index in [1.54, 1.807) is 13.1 Å². The molecular weight excluding hydrogens is 248 g/mol. The van der Waals surface area contributed by atoms with Gasteiger partial charge in [-0.2, -0.15) is 0 Å². The van der Waals surface area contributed by atoms with Gasteiger partial charge in [0.2, 0.25) is 5.91 Å². The van der Waals surface area contributed by atoms with Crippen LogP contribution in [0.5, 0.6) is 0 Å². The summed E-state index contributed by atoms with van der Waals surface area (Å²) in [6, 6.07) is -0.624. The van der Waals surface area contributed by atoms with Crippen molar-refractivity contribution in [1.29, 1.82) is 0 Å². The molecule has 0 saturated carbocycles. The molecule has 1 aromatic rings. The molecule has 1 atom stereocenters. The quantitative estimate of drug-likeness (QED) is 0.777. The minimum Gasteiger partial charge on any atom is -0.453 e. The van der Waals surface area contributed by atoms with Crippen molar-refractivity contribution in [2.45, 2.75) is 32.9 Å². The molecular formula is C12H20N4O3. The summed E-state index contributed by atoms with van der Waals surface area (Å²) in [7, 11) is 1.26. The van der Waals surface area contributed by atoms with Gasteiger partial charge in [-0.25, -0.2) is 9.78 Å².